The van der Waals surface area contributed by atoms with Crippen LogP contribution in [-0.4, -0.2) is 14.5 Å². The Morgan fingerprint density at radius 3 is 2.60 bits per heavy atom. The number of nitrogens with one attached hydrogen (secondary N) is 1. The van der Waals surface area contributed by atoms with Crippen molar-refractivity contribution in [3.63, 3.8) is 0 Å². The first-order valence-electron chi connectivity index (χ1n) is 7.15. The zero-order valence-electron chi connectivity index (χ0n) is 12.3. The van der Waals surface area contributed by atoms with Crippen LogP contribution in [0.1, 0.15) is 44.6 Å². The van der Waals surface area contributed by atoms with Crippen molar-refractivity contribution in [2.24, 2.45) is 17.6 Å². The maximum absolute atomic E-state index is 12.4. The van der Waals surface area contributed by atoms with Gasteiger partial charge < -0.3 is 10.2 Å². The minimum atomic E-state index is -3.52. The fourth-order valence-corrected chi connectivity index (χ4v) is 4.32. The lowest BCUT2D eigenvalue weighted by molar-refractivity contribution is 0.242. The lowest BCUT2D eigenvalue weighted by Crippen LogP contribution is -2.39. The van der Waals surface area contributed by atoms with E-state index in [-0.39, 0.29) is 17.5 Å². The fraction of sp³-hybridized carbons (Fsp3) is 0.714. The Morgan fingerprint density at radius 2 is 2.05 bits per heavy atom. The summed E-state index contributed by atoms with van der Waals surface area (Å²) >= 11 is 0. The van der Waals surface area contributed by atoms with E-state index in [9.17, 15) is 8.42 Å². The van der Waals surface area contributed by atoms with Crippen LogP contribution < -0.4 is 10.5 Å². The highest BCUT2D eigenvalue weighted by atomic mass is 32.2. The van der Waals surface area contributed by atoms with Gasteiger partial charge in [0.2, 0.25) is 10.0 Å². The van der Waals surface area contributed by atoms with Crippen molar-refractivity contribution in [1.29, 1.82) is 0 Å². The van der Waals surface area contributed by atoms with E-state index in [1.165, 1.54) is 6.07 Å². The Labute approximate surface area is 121 Å². The van der Waals surface area contributed by atoms with E-state index in [0.717, 1.165) is 19.3 Å². The Balaban J connectivity index is 2.13. The van der Waals surface area contributed by atoms with Gasteiger partial charge in [-0.1, -0.05) is 13.8 Å². The minimum Gasteiger partial charge on any atom is -0.464 e. The smallest absolute Gasteiger partial charge is 0.244 e. The van der Waals surface area contributed by atoms with E-state index in [0.29, 0.717) is 23.4 Å². The van der Waals surface area contributed by atoms with Crippen LogP contribution in [0.25, 0.3) is 0 Å². The van der Waals surface area contributed by atoms with Gasteiger partial charge >= 0.3 is 0 Å². The van der Waals surface area contributed by atoms with Gasteiger partial charge in [-0.25, -0.2) is 13.1 Å². The Kier molecular flexibility index (Phi) is 4.56. The number of hydrogen-bond acceptors (Lipinski definition) is 4. The van der Waals surface area contributed by atoms with Crippen LogP contribution in [0.5, 0.6) is 0 Å². The molecule has 2 rings (SSSR count). The van der Waals surface area contributed by atoms with Crippen LogP contribution in [0.3, 0.4) is 0 Å². The molecule has 1 aliphatic carbocycles. The van der Waals surface area contributed by atoms with E-state index in [4.69, 9.17) is 10.2 Å². The van der Waals surface area contributed by atoms with Crippen molar-refractivity contribution in [1.82, 2.24) is 4.72 Å². The predicted octanol–water partition coefficient (Wildman–Crippen LogP) is 2.15. The van der Waals surface area contributed by atoms with Crippen molar-refractivity contribution in [3.8, 4) is 0 Å². The summed E-state index contributed by atoms with van der Waals surface area (Å²) in [5.41, 5.74) is 5.48. The molecule has 3 N–H and O–H groups in total. The summed E-state index contributed by atoms with van der Waals surface area (Å²) in [6.45, 7) is 6.26. The molecule has 0 saturated heterocycles. The second kappa shape index (κ2) is 5.87. The zero-order valence-corrected chi connectivity index (χ0v) is 13.2. The van der Waals surface area contributed by atoms with Crippen LogP contribution in [0, 0.1) is 18.8 Å². The monoisotopic (exact) mass is 300 g/mol. The zero-order chi connectivity index (χ0) is 14.9. The van der Waals surface area contributed by atoms with Gasteiger partial charge in [-0.15, -0.1) is 0 Å². The number of furan rings is 1. The summed E-state index contributed by atoms with van der Waals surface area (Å²) in [4.78, 5) is 0.212. The molecular formula is C14H24N2O3S. The first-order valence-corrected chi connectivity index (χ1v) is 8.63. The quantitative estimate of drug-likeness (QED) is 0.892. The van der Waals surface area contributed by atoms with Crippen LogP contribution in [-0.2, 0) is 16.6 Å². The van der Waals surface area contributed by atoms with E-state index in [1.54, 1.807) is 6.92 Å². The van der Waals surface area contributed by atoms with Gasteiger partial charge in [0.05, 0.1) is 6.54 Å². The summed E-state index contributed by atoms with van der Waals surface area (Å²) in [5, 5.41) is 0. The molecule has 5 nitrogen and oxygen atoms in total. The van der Waals surface area contributed by atoms with Gasteiger partial charge in [-0.3, -0.25) is 0 Å². The van der Waals surface area contributed by atoms with Gasteiger partial charge in [0.15, 0.2) is 0 Å². The van der Waals surface area contributed by atoms with E-state index in [1.807, 2.05) is 0 Å². The van der Waals surface area contributed by atoms with Gasteiger partial charge in [-0.05, 0) is 38.0 Å². The maximum atomic E-state index is 12.4. The molecule has 0 spiro atoms. The molecule has 1 aliphatic rings. The van der Waals surface area contributed by atoms with Crippen molar-refractivity contribution in [2.45, 2.75) is 57.5 Å². The van der Waals surface area contributed by atoms with Crippen molar-refractivity contribution >= 4 is 10.0 Å². The molecule has 0 bridgehead atoms. The normalized spacial score (nSPS) is 27.7. The summed E-state index contributed by atoms with van der Waals surface area (Å²) in [6, 6.07) is 1.54. The average molecular weight is 300 g/mol. The van der Waals surface area contributed by atoms with Crippen LogP contribution in [0.2, 0.25) is 0 Å². The van der Waals surface area contributed by atoms with Gasteiger partial charge in [0.1, 0.15) is 16.4 Å². The standard InChI is InChI=1S/C14H24N2O3S/c1-9-4-5-12(6-10(9)2)16-20(17,18)14-7-13(8-15)19-11(14)3/h7,9-10,12,16H,4-6,8,15H2,1-3H3. The van der Waals surface area contributed by atoms with Crippen molar-refractivity contribution in [2.75, 3.05) is 0 Å². The van der Waals surface area contributed by atoms with E-state index in [2.05, 4.69) is 18.6 Å². The summed E-state index contributed by atoms with van der Waals surface area (Å²) in [5.74, 6) is 2.10. The number of hydrogen-bond donors (Lipinski definition) is 2. The molecule has 1 fully saturated rings. The molecule has 1 saturated carbocycles. The van der Waals surface area contributed by atoms with Crippen molar-refractivity contribution in [3.05, 3.63) is 17.6 Å². The van der Waals surface area contributed by atoms with E-state index < -0.39 is 10.0 Å². The topological polar surface area (TPSA) is 85.3 Å². The lowest BCUT2D eigenvalue weighted by atomic mass is 9.79. The molecule has 3 atom stereocenters. The van der Waals surface area contributed by atoms with Crippen molar-refractivity contribution < 1.29 is 12.8 Å². The van der Waals surface area contributed by atoms with Crippen LogP contribution in [0.4, 0.5) is 0 Å². The lowest BCUT2D eigenvalue weighted by Gasteiger charge is -2.32. The third-order valence-corrected chi connectivity index (χ3v) is 5.96. The largest absolute Gasteiger partial charge is 0.464 e. The first kappa shape index (κ1) is 15.5. The summed E-state index contributed by atoms with van der Waals surface area (Å²) in [7, 11) is -3.52. The molecule has 114 valence electrons. The maximum Gasteiger partial charge on any atom is 0.244 e. The number of nitrogens with two attached hydrogens (primary N) is 1. The number of sulfonamides is 1. The Hall–Kier alpha value is -0.850. The summed E-state index contributed by atoms with van der Waals surface area (Å²) in [6.07, 6.45) is 2.85. The van der Waals surface area contributed by atoms with Gasteiger partial charge in [-0.2, -0.15) is 0 Å². The van der Waals surface area contributed by atoms with Gasteiger partial charge in [0.25, 0.3) is 0 Å². The molecule has 0 radical (unpaired) electrons. The third-order valence-electron chi connectivity index (χ3n) is 4.33. The summed E-state index contributed by atoms with van der Waals surface area (Å²) < 4.78 is 33.0. The van der Waals surface area contributed by atoms with E-state index >= 15 is 0 Å². The highest BCUT2D eigenvalue weighted by Gasteiger charge is 2.29. The van der Waals surface area contributed by atoms with Crippen LogP contribution in [0.15, 0.2) is 15.4 Å². The molecule has 6 heteroatoms. The SMILES string of the molecule is Cc1oc(CN)cc1S(=O)(=O)NC1CCC(C)C(C)C1. The average Bonchev–Trinajstić information content (AvgIpc) is 2.76. The van der Waals surface area contributed by atoms with Crippen LogP contribution >= 0.6 is 0 Å². The first-order chi connectivity index (χ1) is 9.33. The highest BCUT2D eigenvalue weighted by Crippen LogP contribution is 2.30. The Bertz CT molecular complexity index is 565. The molecule has 1 heterocycles. The molecule has 0 amide bonds. The number of rotatable bonds is 4. The molecule has 1 aromatic heterocycles. The number of aryl methyl sites for hydroxylation is 1. The minimum absolute atomic E-state index is 0.0156. The third kappa shape index (κ3) is 3.24. The molecule has 20 heavy (non-hydrogen) atoms. The molecule has 0 aliphatic heterocycles. The fourth-order valence-electron chi connectivity index (χ4n) is 2.83. The predicted molar refractivity (Wildman–Crippen MR) is 77.6 cm³/mol. The molecule has 0 aromatic carbocycles. The molecule has 1 aromatic rings. The van der Waals surface area contributed by atoms with Gasteiger partial charge in [0, 0.05) is 12.1 Å². The highest BCUT2D eigenvalue weighted by molar-refractivity contribution is 7.89. The molecule has 3 unspecified atom stereocenters. The second-order valence-electron chi connectivity index (χ2n) is 5.92. The Morgan fingerprint density at radius 1 is 1.35 bits per heavy atom. The molecular weight excluding hydrogens is 276 g/mol. The second-order valence-corrected chi connectivity index (χ2v) is 7.61.